The first kappa shape index (κ1) is 31.2. The summed E-state index contributed by atoms with van der Waals surface area (Å²) in [6.07, 6.45) is 0.188. The summed E-state index contributed by atoms with van der Waals surface area (Å²) in [6, 6.07) is 21.6. The third-order valence-electron chi connectivity index (χ3n) is 7.34. The highest BCUT2D eigenvalue weighted by Crippen LogP contribution is 2.37. The van der Waals surface area contributed by atoms with Gasteiger partial charge in [0.15, 0.2) is 0 Å². The van der Waals surface area contributed by atoms with Crippen LogP contribution in [-0.4, -0.2) is 0 Å². The van der Waals surface area contributed by atoms with Crippen LogP contribution in [0.3, 0.4) is 0 Å². The highest BCUT2D eigenvalue weighted by molar-refractivity contribution is 6.30. The lowest BCUT2D eigenvalue weighted by molar-refractivity contribution is -0.187. The molecule has 0 aromatic heterocycles. The molecule has 0 saturated heterocycles. The Morgan fingerprint density at radius 3 is 1.77 bits per heavy atom. The summed E-state index contributed by atoms with van der Waals surface area (Å²) in [5.41, 5.74) is 1.70. The number of rotatable bonds is 10. The average molecular weight is 625 g/mol. The minimum Gasteiger partial charge on any atom is -0.429 e. The van der Waals surface area contributed by atoms with E-state index in [9.17, 15) is 13.2 Å². The Balaban J connectivity index is 1.32. The maximum atomic E-state index is 15.1. The standard InChI is InChI=1S/C36H27ClF6O/c1-2-3-4-5-22-6-8-23(9-7-22)24-10-14-28(32(38)18-24)25-11-16-30(34(40)19-25)36(42,43)44-27-13-15-29(33(39)21-27)26-12-17-31(37)35(41)20-26/h6-21H,2-5H2,1H3. The number of aryl methyl sites for hydroxylation is 1. The second-order valence-corrected chi connectivity index (χ2v) is 10.8. The van der Waals surface area contributed by atoms with Crippen LogP contribution < -0.4 is 4.74 Å². The van der Waals surface area contributed by atoms with Crippen LogP contribution in [0.4, 0.5) is 26.3 Å². The van der Waals surface area contributed by atoms with E-state index >= 15 is 13.2 Å². The summed E-state index contributed by atoms with van der Waals surface area (Å²) in [7, 11) is 0. The molecule has 0 aliphatic rings. The van der Waals surface area contributed by atoms with E-state index in [-0.39, 0.29) is 27.3 Å². The van der Waals surface area contributed by atoms with E-state index in [1.54, 1.807) is 6.07 Å². The topological polar surface area (TPSA) is 9.23 Å². The second kappa shape index (κ2) is 13.2. The molecular weight excluding hydrogens is 598 g/mol. The third-order valence-corrected chi connectivity index (χ3v) is 7.64. The molecule has 0 heterocycles. The van der Waals surface area contributed by atoms with Gasteiger partial charge < -0.3 is 4.74 Å². The molecule has 0 aliphatic heterocycles. The van der Waals surface area contributed by atoms with E-state index in [1.165, 1.54) is 29.8 Å². The van der Waals surface area contributed by atoms with Crippen molar-refractivity contribution < 1.29 is 31.1 Å². The van der Waals surface area contributed by atoms with Crippen LogP contribution in [0, 0.1) is 23.3 Å². The Morgan fingerprint density at radius 2 is 1.16 bits per heavy atom. The molecule has 0 amide bonds. The number of alkyl halides is 2. The number of hydrogen-bond donors (Lipinski definition) is 0. The van der Waals surface area contributed by atoms with E-state index < -0.39 is 40.7 Å². The normalized spacial score (nSPS) is 11.5. The number of hydrogen-bond acceptors (Lipinski definition) is 1. The first-order chi connectivity index (χ1) is 21.1. The van der Waals surface area contributed by atoms with Gasteiger partial charge in [0.25, 0.3) is 0 Å². The van der Waals surface area contributed by atoms with Crippen molar-refractivity contribution in [3.63, 3.8) is 0 Å². The molecule has 0 N–H and O–H groups in total. The van der Waals surface area contributed by atoms with Gasteiger partial charge in [0.2, 0.25) is 0 Å². The van der Waals surface area contributed by atoms with Crippen molar-refractivity contribution in [1.82, 2.24) is 0 Å². The van der Waals surface area contributed by atoms with Gasteiger partial charge in [-0.2, -0.15) is 8.78 Å². The lowest BCUT2D eigenvalue weighted by Crippen LogP contribution is -2.23. The fourth-order valence-corrected chi connectivity index (χ4v) is 5.07. The summed E-state index contributed by atoms with van der Waals surface area (Å²) < 4.78 is 93.3. The van der Waals surface area contributed by atoms with E-state index in [0.717, 1.165) is 67.6 Å². The second-order valence-electron chi connectivity index (χ2n) is 10.4. The van der Waals surface area contributed by atoms with Gasteiger partial charge in [0.1, 0.15) is 29.0 Å². The molecule has 0 atom stereocenters. The number of benzene rings is 5. The molecule has 0 spiro atoms. The Hall–Kier alpha value is -4.23. The summed E-state index contributed by atoms with van der Waals surface area (Å²) in [5, 5.41) is -0.153. The molecule has 226 valence electrons. The molecule has 8 heteroatoms. The molecule has 0 fully saturated rings. The monoisotopic (exact) mass is 624 g/mol. The van der Waals surface area contributed by atoms with Gasteiger partial charge in [-0.3, -0.25) is 0 Å². The molecule has 0 aliphatic carbocycles. The lowest BCUT2D eigenvalue weighted by atomic mass is 9.97. The van der Waals surface area contributed by atoms with Crippen molar-refractivity contribution in [2.24, 2.45) is 0 Å². The van der Waals surface area contributed by atoms with E-state index in [0.29, 0.717) is 11.6 Å². The Kier molecular flexibility index (Phi) is 9.35. The maximum absolute atomic E-state index is 15.1. The summed E-state index contributed by atoms with van der Waals surface area (Å²) in [5.74, 6) is -4.28. The molecule has 0 saturated carbocycles. The molecule has 0 radical (unpaired) electrons. The third kappa shape index (κ3) is 6.94. The molecule has 1 nitrogen and oxygen atoms in total. The number of halogens is 7. The molecule has 5 aromatic carbocycles. The predicted molar refractivity (Wildman–Crippen MR) is 162 cm³/mol. The Morgan fingerprint density at radius 1 is 0.591 bits per heavy atom. The fraction of sp³-hybridized carbons (Fsp3) is 0.167. The SMILES string of the molecule is CCCCCc1ccc(-c2ccc(-c3ccc(C(F)(F)Oc4ccc(-c5ccc(Cl)c(F)c5)c(F)c4)c(F)c3)c(F)c2)cc1. The average Bonchev–Trinajstić information content (AvgIpc) is 2.99. The molecule has 0 bridgehead atoms. The maximum Gasteiger partial charge on any atom is 0.429 e. The first-order valence-corrected chi connectivity index (χ1v) is 14.4. The molecule has 5 aromatic rings. The van der Waals surface area contributed by atoms with Crippen molar-refractivity contribution in [3.8, 4) is 39.1 Å². The Labute approximate surface area is 256 Å². The van der Waals surface area contributed by atoms with Gasteiger partial charge in [-0.25, -0.2) is 17.6 Å². The van der Waals surface area contributed by atoms with Gasteiger partial charge in [0.05, 0.1) is 10.6 Å². The molecule has 5 rings (SSSR count). The van der Waals surface area contributed by atoms with Gasteiger partial charge >= 0.3 is 6.11 Å². The van der Waals surface area contributed by atoms with Gasteiger partial charge in [0, 0.05) is 17.2 Å². The summed E-state index contributed by atoms with van der Waals surface area (Å²) >= 11 is 5.66. The Bertz CT molecular complexity index is 1790. The minimum absolute atomic E-state index is 0.0379. The van der Waals surface area contributed by atoms with E-state index in [4.69, 9.17) is 11.6 Å². The summed E-state index contributed by atoms with van der Waals surface area (Å²) in [4.78, 5) is 0. The van der Waals surface area contributed by atoms with Crippen LogP contribution in [0.1, 0.15) is 37.3 Å². The molecule has 44 heavy (non-hydrogen) atoms. The van der Waals surface area contributed by atoms with Crippen LogP contribution in [0.5, 0.6) is 5.75 Å². The van der Waals surface area contributed by atoms with Crippen LogP contribution in [-0.2, 0) is 12.5 Å². The van der Waals surface area contributed by atoms with Gasteiger partial charge in [-0.1, -0.05) is 79.9 Å². The fourth-order valence-electron chi connectivity index (χ4n) is 4.95. The number of unbranched alkanes of at least 4 members (excludes halogenated alkanes) is 2. The lowest BCUT2D eigenvalue weighted by Gasteiger charge is -2.20. The molecular formula is C36H27ClF6O. The largest absolute Gasteiger partial charge is 0.429 e. The van der Waals surface area contributed by atoms with Crippen molar-refractivity contribution in [2.75, 3.05) is 0 Å². The highest BCUT2D eigenvalue weighted by Gasteiger charge is 2.38. The van der Waals surface area contributed by atoms with Crippen molar-refractivity contribution in [2.45, 2.75) is 38.7 Å². The van der Waals surface area contributed by atoms with Crippen molar-refractivity contribution in [1.29, 1.82) is 0 Å². The number of ether oxygens (including phenoxy) is 1. The zero-order chi connectivity index (χ0) is 31.4. The van der Waals surface area contributed by atoms with Crippen molar-refractivity contribution >= 4 is 11.6 Å². The zero-order valence-corrected chi connectivity index (χ0v) is 24.4. The van der Waals surface area contributed by atoms with Crippen LogP contribution >= 0.6 is 11.6 Å². The quantitative estimate of drug-likeness (QED) is 0.111. The van der Waals surface area contributed by atoms with Crippen LogP contribution in [0.25, 0.3) is 33.4 Å². The van der Waals surface area contributed by atoms with Gasteiger partial charge in [-0.15, -0.1) is 0 Å². The summed E-state index contributed by atoms with van der Waals surface area (Å²) in [6.45, 7) is 2.15. The van der Waals surface area contributed by atoms with Crippen LogP contribution in [0.2, 0.25) is 5.02 Å². The highest BCUT2D eigenvalue weighted by atomic mass is 35.5. The first-order valence-electron chi connectivity index (χ1n) is 14.1. The van der Waals surface area contributed by atoms with Gasteiger partial charge in [-0.05, 0) is 83.1 Å². The minimum atomic E-state index is -4.19. The van der Waals surface area contributed by atoms with Crippen molar-refractivity contribution in [3.05, 3.63) is 136 Å². The zero-order valence-electron chi connectivity index (χ0n) is 23.6. The smallest absolute Gasteiger partial charge is 0.429 e. The predicted octanol–water partition coefficient (Wildman–Crippen LogP) is 11.8. The van der Waals surface area contributed by atoms with E-state index in [2.05, 4.69) is 11.7 Å². The van der Waals surface area contributed by atoms with Crippen LogP contribution in [0.15, 0.2) is 97.1 Å². The van der Waals surface area contributed by atoms with E-state index in [1.807, 2.05) is 24.3 Å². The molecule has 0 unspecified atom stereocenters.